The maximum atomic E-state index is 13.2. The van der Waals surface area contributed by atoms with Crippen molar-refractivity contribution < 1.29 is 19.5 Å². The summed E-state index contributed by atoms with van der Waals surface area (Å²) < 4.78 is 0. The Morgan fingerprint density at radius 1 is 1.11 bits per heavy atom. The van der Waals surface area contributed by atoms with Gasteiger partial charge in [0.15, 0.2) is 0 Å². The summed E-state index contributed by atoms with van der Waals surface area (Å²) in [6.45, 7) is 7.01. The van der Waals surface area contributed by atoms with E-state index in [9.17, 15) is 19.5 Å². The molecule has 6 heteroatoms. The van der Waals surface area contributed by atoms with Gasteiger partial charge in [-0.15, -0.1) is 0 Å². The first-order valence-electron chi connectivity index (χ1n) is 9.49. The van der Waals surface area contributed by atoms with Gasteiger partial charge in [0.25, 0.3) is 5.91 Å². The molecule has 6 nitrogen and oxygen atoms in total. The van der Waals surface area contributed by atoms with E-state index in [2.05, 4.69) is 0 Å². The number of amides is 3. The van der Waals surface area contributed by atoms with Crippen LogP contribution in [0.15, 0.2) is 42.5 Å². The van der Waals surface area contributed by atoms with Crippen LogP contribution in [-0.4, -0.2) is 44.4 Å². The van der Waals surface area contributed by atoms with Gasteiger partial charge in [-0.05, 0) is 42.5 Å². The van der Waals surface area contributed by atoms with Gasteiger partial charge in [0, 0.05) is 6.54 Å². The van der Waals surface area contributed by atoms with E-state index in [-0.39, 0.29) is 12.5 Å². The molecule has 0 saturated carbocycles. The van der Waals surface area contributed by atoms with Gasteiger partial charge in [-0.2, -0.15) is 0 Å². The van der Waals surface area contributed by atoms with Crippen LogP contribution in [0.3, 0.4) is 0 Å². The predicted molar refractivity (Wildman–Crippen MR) is 107 cm³/mol. The number of hydrogen-bond donors (Lipinski definition) is 1. The summed E-state index contributed by atoms with van der Waals surface area (Å²) in [7, 11) is 0. The third-order valence-electron chi connectivity index (χ3n) is 5.32. The van der Waals surface area contributed by atoms with Crippen LogP contribution in [0, 0.1) is 5.92 Å². The van der Waals surface area contributed by atoms with Crippen LogP contribution in [-0.2, 0) is 16.1 Å². The zero-order valence-corrected chi connectivity index (χ0v) is 16.7. The lowest BCUT2D eigenvalue weighted by atomic mass is 9.99. The fourth-order valence-corrected chi connectivity index (χ4v) is 3.71. The van der Waals surface area contributed by atoms with E-state index in [0.717, 1.165) is 21.2 Å². The second-order valence-corrected chi connectivity index (χ2v) is 8.23. The molecule has 1 fully saturated rings. The molecular formula is C22H26N2O4. The van der Waals surface area contributed by atoms with Gasteiger partial charge in [0.05, 0.1) is 0 Å². The van der Waals surface area contributed by atoms with Crippen LogP contribution in [0.25, 0.3) is 10.8 Å². The molecule has 0 aliphatic carbocycles. The largest absolute Gasteiger partial charge is 0.480 e. The molecule has 1 atom stereocenters. The Kier molecular flexibility index (Phi) is 5.15. The normalized spacial score (nSPS) is 17.8. The standard InChI is InChI=1S/C22H26N2O4/c1-14(2)12-18-19(25)24(22(3,4)20(26)27)21(28)23(18)13-16-10-7-9-15-8-5-6-11-17(15)16/h5-11,14,18H,12-13H2,1-4H3,(H,26,27). The average Bonchev–Trinajstić information content (AvgIpc) is 2.85. The van der Waals surface area contributed by atoms with Crippen LogP contribution < -0.4 is 0 Å². The monoisotopic (exact) mass is 382 g/mol. The Labute approximate surface area is 164 Å². The highest BCUT2D eigenvalue weighted by Crippen LogP contribution is 2.32. The topological polar surface area (TPSA) is 77.9 Å². The first-order chi connectivity index (χ1) is 13.1. The lowest BCUT2D eigenvalue weighted by molar-refractivity contribution is -0.152. The number of benzene rings is 2. The summed E-state index contributed by atoms with van der Waals surface area (Å²) in [5.74, 6) is -1.46. The van der Waals surface area contributed by atoms with Crippen molar-refractivity contribution in [2.45, 2.75) is 52.2 Å². The third kappa shape index (κ3) is 3.35. The molecule has 0 spiro atoms. The van der Waals surface area contributed by atoms with Crippen molar-refractivity contribution >= 4 is 28.7 Å². The van der Waals surface area contributed by atoms with E-state index in [1.165, 1.54) is 18.7 Å². The minimum absolute atomic E-state index is 0.185. The molecule has 0 radical (unpaired) electrons. The van der Waals surface area contributed by atoms with E-state index in [1.807, 2.05) is 56.3 Å². The quantitative estimate of drug-likeness (QED) is 0.769. The van der Waals surface area contributed by atoms with Crippen LogP contribution in [0.4, 0.5) is 4.79 Å². The minimum atomic E-state index is -1.60. The number of nitrogens with zero attached hydrogens (tertiary/aromatic N) is 2. The van der Waals surface area contributed by atoms with Crippen molar-refractivity contribution in [2.24, 2.45) is 5.92 Å². The van der Waals surface area contributed by atoms with Gasteiger partial charge in [0.1, 0.15) is 11.6 Å². The molecule has 1 aliphatic heterocycles. The van der Waals surface area contributed by atoms with Crippen molar-refractivity contribution in [2.75, 3.05) is 0 Å². The van der Waals surface area contributed by atoms with Crippen LogP contribution in [0.1, 0.15) is 39.7 Å². The number of fused-ring (bicyclic) bond motifs is 1. The van der Waals surface area contributed by atoms with E-state index in [0.29, 0.717) is 6.42 Å². The Morgan fingerprint density at radius 3 is 2.39 bits per heavy atom. The smallest absolute Gasteiger partial charge is 0.329 e. The maximum Gasteiger partial charge on any atom is 0.329 e. The second kappa shape index (κ2) is 7.26. The fraction of sp³-hybridized carbons (Fsp3) is 0.409. The van der Waals surface area contributed by atoms with E-state index in [1.54, 1.807) is 0 Å². The molecular weight excluding hydrogens is 356 g/mol. The van der Waals surface area contributed by atoms with Crippen LogP contribution in [0.2, 0.25) is 0 Å². The first-order valence-corrected chi connectivity index (χ1v) is 9.49. The molecule has 148 valence electrons. The molecule has 0 aromatic heterocycles. The molecule has 0 bridgehead atoms. The number of hydrogen-bond acceptors (Lipinski definition) is 3. The molecule has 1 saturated heterocycles. The number of carboxylic acid groups (broad SMARTS) is 1. The highest BCUT2D eigenvalue weighted by molar-refractivity contribution is 6.08. The molecule has 1 heterocycles. The van der Waals surface area contributed by atoms with Crippen LogP contribution >= 0.6 is 0 Å². The molecule has 1 aliphatic rings. The summed E-state index contributed by atoms with van der Waals surface area (Å²) >= 11 is 0. The predicted octanol–water partition coefficient (Wildman–Crippen LogP) is 3.88. The lowest BCUT2D eigenvalue weighted by Crippen LogP contribution is -2.53. The number of carbonyl (C=O) groups is 3. The molecule has 28 heavy (non-hydrogen) atoms. The highest BCUT2D eigenvalue weighted by Gasteiger charge is 2.53. The Morgan fingerprint density at radius 2 is 1.75 bits per heavy atom. The summed E-state index contributed by atoms with van der Waals surface area (Å²) in [5, 5.41) is 11.6. The molecule has 1 unspecified atom stereocenters. The van der Waals surface area contributed by atoms with Crippen molar-refractivity contribution in [3.8, 4) is 0 Å². The minimum Gasteiger partial charge on any atom is -0.480 e. The van der Waals surface area contributed by atoms with Gasteiger partial charge in [-0.25, -0.2) is 14.5 Å². The molecule has 2 aromatic rings. The number of imide groups is 1. The van der Waals surface area contributed by atoms with Gasteiger partial charge < -0.3 is 10.0 Å². The van der Waals surface area contributed by atoms with Gasteiger partial charge in [0.2, 0.25) is 0 Å². The first kappa shape index (κ1) is 19.9. The van der Waals surface area contributed by atoms with Crippen LogP contribution in [0.5, 0.6) is 0 Å². The Bertz CT molecular complexity index is 930. The van der Waals surface area contributed by atoms with E-state index >= 15 is 0 Å². The van der Waals surface area contributed by atoms with Crippen molar-refractivity contribution in [3.05, 3.63) is 48.0 Å². The van der Waals surface area contributed by atoms with Gasteiger partial charge >= 0.3 is 12.0 Å². The summed E-state index contributed by atoms with van der Waals surface area (Å²) in [6, 6.07) is 12.5. The van der Waals surface area contributed by atoms with Crippen molar-refractivity contribution in [1.82, 2.24) is 9.80 Å². The molecule has 3 amide bonds. The summed E-state index contributed by atoms with van der Waals surface area (Å²) in [4.78, 5) is 40.4. The SMILES string of the molecule is CC(C)CC1C(=O)N(C(C)(C)C(=O)O)C(=O)N1Cc1cccc2ccccc12. The number of carboxylic acids is 1. The highest BCUT2D eigenvalue weighted by atomic mass is 16.4. The number of carbonyl (C=O) groups excluding carboxylic acids is 2. The fourth-order valence-electron chi connectivity index (χ4n) is 3.71. The zero-order valence-electron chi connectivity index (χ0n) is 16.7. The van der Waals surface area contributed by atoms with Crippen molar-refractivity contribution in [3.63, 3.8) is 0 Å². The Hall–Kier alpha value is -2.89. The number of rotatable bonds is 6. The van der Waals surface area contributed by atoms with Crippen molar-refractivity contribution in [1.29, 1.82) is 0 Å². The Balaban J connectivity index is 2.02. The second-order valence-electron chi connectivity index (χ2n) is 8.23. The number of aliphatic carboxylic acids is 1. The molecule has 2 aromatic carbocycles. The zero-order chi connectivity index (χ0) is 20.6. The van der Waals surface area contributed by atoms with E-state index < -0.39 is 29.5 Å². The van der Waals surface area contributed by atoms with Gasteiger partial charge in [-0.3, -0.25) is 4.79 Å². The number of urea groups is 1. The third-order valence-corrected chi connectivity index (χ3v) is 5.32. The average molecular weight is 382 g/mol. The maximum absolute atomic E-state index is 13.2. The lowest BCUT2D eigenvalue weighted by Gasteiger charge is -2.29. The molecule has 1 N–H and O–H groups in total. The summed E-state index contributed by atoms with van der Waals surface area (Å²) in [5.41, 5.74) is -0.667. The van der Waals surface area contributed by atoms with E-state index in [4.69, 9.17) is 0 Å². The summed E-state index contributed by atoms with van der Waals surface area (Å²) in [6.07, 6.45) is 0.488. The van der Waals surface area contributed by atoms with Gasteiger partial charge in [-0.1, -0.05) is 56.3 Å². The molecule has 3 rings (SSSR count).